The molecule has 0 aromatic carbocycles. The topological polar surface area (TPSA) is 66.4 Å². The second kappa shape index (κ2) is 6.62. The normalized spacial score (nSPS) is 25.5. The fourth-order valence-electron chi connectivity index (χ4n) is 2.49. The summed E-state index contributed by atoms with van der Waals surface area (Å²) in [6.07, 6.45) is 4.85. The van der Waals surface area contributed by atoms with E-state index in [1.165, 1.54) is 0 Å². The molecular formula is C13H23NO3. The van der Waals surface area contributed by atoms with Crippen LogP contribution in [0.1, 0.15) is 52.4 Å². The van der Waals surface area contributed by atoms with Crippen molar-refractivity contribution in [2.45, 2.75) is 58.4 Å². The molecule has 17 heavy (non-hydrogen) atoms. The highest BCUT2D eigenvalue weighted by molar-refractivity contribution is 5.81. The number of carbonyl (C=O) groups excluding carboxylic acids is 1. The smallest absolute Gasteiger partial charge is 0.306 e. The molecule has 0 aromatic rings. The van der Waals surface area contributed by atoms with Crippen molar-refractivity contribution in [3.05, 3.63) is 0 Å². The van der Waals surface area contributed by atoms with Gasteiger partial charge in [-0.15, -0.1) is 0 Å². The number of aliphatic carboxylic acids is 1. The number of carboxylic acids is 1. The van der Waals surface area contributed by atoms with Crippen LogP contribution in [0.4, 0.5) is 0 Å². The fourth-order valence-corrected chi connectivity index (χ4v) is 2.49. The number of rotatable bonds is 6. The zero-order chi connectivity index (χ0) is 12.8. The van der Waals surface area contributed by atoms with Crippen LogP contribution in [0, 0.1) is 11.8 Å². The largest absolute Gasteiger partial charge is 0.481 e. The van der Waals surface area contributed by atoms with Crippen LogP contribution in [0.5, 0.6) is 0 Å². The number of carboxylic acid groups (broad SMARTS) is 1. The van der Waals surface area contributed by atoms with E-state index < -0.39 is 5.97 Å². The quantitative estimate of drug-likeness (QED) is 0.749. The monoisotopic (exact) mass is 241 g/mol. The Morgan fingerprint density at radius 3 is 2.41 bits per heavy atom. The lowest BCUT2D eigenvalue weighted by Gasteiger charge is -2.18. The van der Waals surface area contributed by atoms with Crippen LogP contribution in [0.15, 0.2) is 0 Å². The van der Waals surface area contributed by atoms with Gasteiger partial charge in [-0.1, -0.05) is 20.3 Å². The Balaban J connectivity index is 2.41. The molecule has 0 aliphatic heterocycles. The maximum Gasteiger partial charge on any atom is 0.306 e. The lowest BCUT2D eigenvalue weighted by atomic mass is 10.0. The molecule has 0 saturated heterocycles. The third kappa shape index (κ3) is 4.02. The van der Waals surface area contributed by atoms with Crippen molar-refractivity contribution in [2.75, 3.05) is 0 Å². The van der Waals surface area contributed by atoms with Crippen LogP contribution in [0.3, 0.4) is 0 Å². The summed E-state index contributed by atoms with van der Waals surface area (Å²) < 4.78 is 0. The summed E-state index contributed by atoms with van der Waals surface area (Å²) in [5.74, 6) is -1.13. The lowest BCUT2D eigenvalue weighted by molar-refractivity contribution is -0.141. The number of hydrogen-bond acceptors (Lipinski definition) is 2. The molecule has 1 fully saturated rings. The van der Waals surface area contributed by atoms with Gasteiger partial charge in [0, 0.05) is 12.0 Å². The van der Waals surface area contributed by atoms with E-state index in [4.69, 9.17) is 5.11 Å². The first-order valence-corrected chi connectivity index (χ1v) is 6.61. The Kier molecular flexibility index (Phi) is 5.45. The van der Waals surface area contributed by atoms with Crippen molar-refractivity contribution >= 4 is 11.9 Å². The minimum atomic E-state index is -0.763. The van der Waals surface area contributed by atoms with Crippen LogP contribution in [0.2, 0.25) is 0 Å². The highest BCUT2D eigenvalue weighted by atomic mass is 16.4. The van der Waals surface area contributed by atoms with Gasteiger partial charge in [0.25, 0.3) is 0 Å². The van der Waals surface area contributed by atoms with Gasteiger partial charge in [-0.25, -0.2) is 0 Å². The first-order chi connectivity index (χ1) is 8.08. The molecule has 3 unspecified atom stereocenters. The molecule has 4 heteroatoms. The molecule has 0 heterocycles. The average Bonchev–Trinajstić information content (AvgIpc) is 2.77. The first-order valence-electron chi connectivity index (χ1n) is 6.61. The van der Waals surface area contributed by atoms with E-state index in [9.17, 15) is 9.59 Å². The number of carbonyl (C=O) groups is 2. The van der Waals surface area contributed by atoms with E-state index in [2.05, 4.69) is 19.2 Å². The molecule has 1 amide bonds. The summed E-state index contributed by atoms with van der Waals surface area (Å²) >= 11 is 0. The minimum absolute atomic E-state index is 0.0500. The Morgan fingerprint density at radius 1 is 1.29 bits per heavy atom. The standard InChI is InChI=1S/C13H23NO3/c1-3-5-11(4-2)14-12(15)9-6-7-10(8-9)13(16)17/h9-11H,3-8H2,1-2H3,(H,14,15)(H,16,17). The Hall–Kier alpha value is -1.06. The maximum atomic E-state index is 12.0. The van der Waals surface area contributed by atoms with E-state index in [-0.39, 0.29) is 23.8 Å². The second-order valence-electron chi connectivity index (χ2n) is 4.95. The SMILES string of the molecule is CCCC(CC)NC(=O)C1CCC(C(=O)O)C1. The van der Waals surface area contributed by atoms with Crippen LogP contribution < -0.4 is 5.32 Å². The van der Waals surface area contributed by atoms with E-state index in [0.29, 0.717) is 19.3 Å². The summed E-state index contributed by atoms with van der Waals surface area (Å²) in [4.78, 5) is 22.8. The number of nitrogens with one attached hydrogen (secondary N) is 1. The lowest BCUT2D eigenvalue weighted by Crippen LogP contribution is -2.38. The number of amides is 1. The molecule has 98 valence electrons. The highest BCUT2D eigenvalue weighted by Gasteiger charge is 2.34. The molecular weight excluding hydrogens is 218 g/mol. The van der Waals surface area contributed by atoms with Gasteiger partial charge in [-0.05, 0) is 32.1 Å². The van der Waals surface area contributed by atoms with Crippen molar-refractivity contribution < 1.29 is 14.7 Å². The third-order valence-electron chi connectivity index (χ3n) is 3.63. The Bertz CT molecular complexity index is 278. The van der Waals surface area contributed by atoms with Crippen molar-refractivity contribution in [3.8, 4) is 0 Å². The summed E-state index contributed by atoms with van der Waals surface area (Å²) in [6, 6.07) is 0.247. The maximum absolute atomic E-state index is 12.0. The van der Waals surface area contributed by atoms with E-state index in [0.717, 1.165) is 19.3 Å². The summed E-state index contributed by atoms with van der Waals surface area (Å²) in [5.41, 5.74) is 0. The predicted octanol–water partition coefficient (Wildman–Crippen LogP) is 2.18. The first kappa shape index (κ1) is 14.0. The zero-order valence-corrected chi connectivity index (χ0v) is 10.7. The van der Waals surface area contributed by atoms with Gasteiger partial charge >= 0.3 is 5.97 Å². The summed E-state index contributed by atoms with van der Waals surface area (Å²) in [5, 5.41) is 11.9. The van der Waals surface area contributed by atoms with Gasteiger partial charge in [-0.3, -0.25) is 9.59 Å². The van der Waals surface area contributed by atoms with Crippen molar-refractivity contribution in [3.63, 3.8) is 0 Å². The fraction of sp³-hybridized carbons (Fsp3) is 0.846. The molecule has 0 aromatic heterocycles. The summed E-state index contributed by atoms with van der Waals surface area (Å²) in [6.45, 7) is 4.17. The molecule has 3 atom stereocenters. The summed E-state index contributed by atoms with van der Waals surface area (Å²) in [7, 11) is 0. The van der Waals surface area contributed by atoms with Gasteiger partial charge < -0.3 is 10.4 Å². The molecule has 0 radical (unpaired) electrons. The Morgan fingerprint density at radius 2 is 1.94 bits per heavy atom. The van der Waals surface area contributed by atoms with Crippen LogP contribution in [-0.4, -0.2) is 23.0 Å². The molecule has 0 spiro atoms. The van der Waals surface area contributed by atoms with Crippen LogP contribution >= 0.6 is 0 Å². The van der Waals surface area contributed by atoms with Crippen LogP contribution in [0.25, 0.3) is 0 Å². The van der Waals surface area contributed by atoms with Crippen LogP contribution in [-0.2, 0) is 9.59 Å². The zero-order valence-electron chi connectivity index (χ0n) is 10.7. The molecule has 1 aliphatic carbocycles. The van der Waals surface area contributed by atoms with Crippen molar-refractivity contribution in [2.24, 2.45) is 11.8 Å². The van der Waals surface area contributed by atoms with Gasteiger partial charge in [0.15, 0.2) is 0 Å². The van der Waals surface area contributed by atoms with Gasteiger partial charge in [0.1, 0.15) is 0 Å². The Labute approximate surface area is 103 Å². The van der Waals surface area contributed by atoms with Crippen molar-refractivity contribution in [1.82, 2.24) is 5.32 Å². The average molecular weight is 241 g/mol. The van der Waals surface area contributed by atoms with Gasteiger partial charge in [0.05, 0.1) is 5.92 Å². The van der Waals surface area contributed by atoms with Crippen molar-refractivity contribution in [1.29, 1.82) is 0 Å². The molecule has 1 aliphatic rings. The van der Waals surface area contributed by atoms with E-state index >= 15 is 0 Å². The van der Waals surface area contributed by atoms with Gasteiger partial charge in [-0.2, -0.15) is 0 Å². The molecule has 1 rings (SSSR count). The van der Waals surface area contributed by atoms with Gasteiger partial charge in [0.2, 0.25) is 5.91 Å². The minimum Gasteiger partial charge on any atom is -0.481 e. The third-order valence-corrected chi connectivity index (χ3v) is 3.63. The molecule has 1 saturated carbocycles. The number of hydrogen-bond donors (Lipinski definition) is 2. The molecule has 0 bridgehead atoms. The molecule has 4 nitrogen and oxygen atoms in total. The highest BCUT2D eigenvalue weighted by Crippen LogP contribution is 2.31. The van der Waals surface area contributed by atoms with E-state index in [1.54, 1.807) is 0 Å². The second-order valence-corrected chi connectivity index (χ2v) is 4.95. The predicted molar refractivity (Wildman–Crippen MR) is 65.6 cm³/mol. The molecule has 2 N–H and O–H groups in total. The van der Waals surface area contributed by atoms with E-state index in [1.807, 2.05) is 0 Å².